The van der Waals surface area contributed by atoms with E-state index in [0.717, 1.165) is 54.3 Å². The number of aliphatic hydroxyl groups is 1. The third-order valence-corrected chi connectivity index (χ3v) is 10.8. The summed E-state index contributed by atoms with van der Waals surface area (Å²) in [6.07, 6.45) is 16.6. The van der Waals surface area contributed by atoms with Crippen molar-refractivity contribution in [1.82, 2.24) is 0 Å². The monoisotopic (exact) mass is 388 g/mol. The molecule has 4 aliphatic rings. The average Bonchev–Trinajstić information content (AvgIpc) is 2.99. The van der Waals surface area contributed by atoms with E-state index in [4.69, 9.17) is 0 Å². The standard InChI is InChI=1S/C27H48O/c1-18(2)7-6-8-19(3)23-11-12-24-22-10-9-20-17-21(28)13-15-26(20,4)25(22)14-16-27(23,24)5/h18-25,28H,6-17H2,1-5H3/t19?,20-,21-,22?,23+,24?,25?,26-,27+/m0/s1. The van der Waals surface area contributed by atoms with E-state index in [1.165, 1.54) is 64.2 Å². The highest BCUT2D eigenvalue weighted by molar-refractivity contribution is 5.09. The Kier molecular flexibility index (Phi) is 5.98. The van der Waals surface area contributed by atoms with Crippen LogP contribution < -0.4 is 0 Å². The summed E-state index contributed by atoms with van der Waals surface area (Å²) in [6, 6.07) is 0. The van der Waals surface area contributed by atoms with E-state index < -0.39 is 0 Å². The van der Waals surface area contributed by atoms with Gasteiger partial charge in [0.15, 0.2) is 0 Å². The highest BCUT2D eigenvalue weighted by Gasteiger charge is 2.60. The van der Waals surface area contributed by atoms with Crippen LogP contribution in [-0.4, -0.2) is 11.2 Å². The molecule has 4 unspecified atom stereocenters. The van der Waals surface area contributed by atoms with Crippen LogP contribution in [0.4, 0.5) is 0 Å². The van der Waals surface area contributed by atoms with Crippen molar-refractivity contribution in [3.05, 3.63) is 0 Å². The molecule has 0 aliphatic heterocycles. The Morgan fingerprint density at radius 1 is 0.821 bits per heavy atom. The van der Waals surface area contributed by atoms with E-state index >= 15 is 0 Å². The minimum Gasteiger partial charge on any atom is -0.393 e. The molecule has 0 radical (unpaired) electrons. The predicted molar refractivity (Wildman–Crippen MR) is 119 cm³/mol. The van der Waals surface area contributed by atoms with E-state index in [2.05, 4.69) is 34.6 Å². The van der Waals surface area contributed by atoms with Gasteiger partial charge in [0.1, 0.15) is 0 Å². The molecule has 4 rings (SSSR count). The first-order chi connectivity index (χ1) is 13.3. The molecule has 1 N–H and O–H groups in total. The number of rotatable bonds is 5. The summed E-state index contributed by atoms with van der Waals surface area (Å²) in [5, 5.41) is 10.3. The lowest BCUT2D eigenvalue weighted by molar-refractivity contribution is -0.129. The summed E-state index contributed by atoms with van der Waals surface area (Å²) in [5.74, 6) is 6.49. The molecular weight excluding hydrogens is 340 g/mol. The zero-order valence-corrected chi connectivity index (χ0v) is 19.6. The Morgan fingerprint density at radius 3 is 2.29 bits per heavy atom. The summed E-state index contributed by atoms with van der Waals surface area (Å²) in [4.78, 5) is 0. The molecule has 9 atom stereocenters. The van der Waals surface area contributed by atoms with E-state index in [1.54, 1.807) is 0 Å². The van der Waals surface area contributed by atoms with Crippen LogP contribution in [0, 0.1) is 52.3 Å². The van der Waals surface area contributed by atoms with Crippen LogP contribution in [0.5, 0.6) is 0 Å². The second-order valence-corrected chi connectivity index (χ2v) is 12.6. The molecular formula is C27H48O. The molecule has 0 aromatic carbocycles. The van der Waals surface area contributed by atoms with Crippen molar-refractivity contribution in [2.75, 3.05) is 0 Å². The summed E-state index contributed by atoms with van der Waals surface area (Å²) < 4.78 is 0. The van der Waals surface area contributed by atoms with Crippen LogP contribution in [0.25, 0.3) is 0 Å². The van der Waals surface area contributed by atoms with Crippen LogP contribution in [0.3, 0.4) is 0 Å². The lowest BCUT2D eigenvalue weighted by Gasteiger charge is -2.61. The molecule has 0 amide bonds. The fraction of sp³-hybridized carbons (Fsp3) is 1.00. The number of aliphatic hydroxyl groups excluding tert-OH is 1. The van der Waals surface area contributed by atoms with Gasteiger partial charge < -0.3 is 5.11 Å². The molecule has 162 valence electrons. The lowest BCUT2D eigenvalue weighted by Crippen LogP contribution is -2.54. The van der Waals surface area contributed by atoms with Gasteiger partial charge in [0.25, 0.3) is 0 Å². The van der Waals surface area contributed by atoms with Gasteiger partial charge in [-0.1, -0.05) is 53.9 Å². The van der Waals surface area contributed by atoms with Crippen molar-refractivity contribution in [3.8, 4) is 0 Å². The van der Waals surface area contributed by atoms with Crippen LogP contribution in [0.2, 0.25) is 0 Å². The molecule has 1 nitrogen and oxygen atoms in total. The van der Waals surface area contributed by atoms with Crippen molar-refractivity contribution in [2.24, 2.45) is 52.3 Å². The van der Waals surface area contributed by atoms with E-state index in [0.29, 0.717) is 10.8 Å². The molecule has 4 fully saturated rings. The van der Waals surface area contributed by atoms with E-state index in [1.807, 2.05) is 0 Å². The summed E-state index contributed by atoms with van der Waals surface area (Å²) in [6.45, 7) is 12.7. The number of hydrogen-bond acceptors (Lipinski definition) is 1. The fourth-order valence-electron chi connectivity index (χ4n) is 9.26. The van der Waals surface area contributed by atoms with Gasteiger partial charge in [-0.15, -0.1) is 0 Å². The Bertz CT molecular complexity index is 540. The zero-order chi connectivity index (χ0) is 20.1. The molecule has 0 spiro atoms. The van der Waals surface area contributed by atoms with Crippen molar-refractivity contribution >= 4 is 0 Å². The van der Waals surface area contributed by atoms with Gasteiger partial charge >= 0.3 is 0 Å². The van der Waals surface area contributed by atoms with E-state index in [9.17, 15) is 5.11 Å². The maximum Gasteiger partial charge on any atom is 0.0543 e. The van der Waals surface area contributed by atoms with Gasteiger partial charge in [0.2, 0.25) is 0 Å². The van der Waals surface area contributed by atoms with Gasteiger partial charge in [-0.25, -0.2) is 0 Å². The highest BCUT2D eigenvalue weighted by atomic mass is 16.3. The second-order valence-electron chi connectivity index (χ2n) is 12.6. The molecule has 0 aromatic rings. The summed E-state index contributed by atoms with van der Waals surface area (Å²) >= 11 is 0. The molecule has 1 heteroatoms. The van der Waals surface area contributed by atoms with Crippen molar-refractivity contribution < 1.29 is 5.11 Å². The zero-order valence-electron chi connectivity index (χ0n) is 19.6. The normalized spacial score (nSPS) is 49.4. The molecule has 28 heavy (non-hydrogen) atoms. The van der Waals surface area contributed by atoms with Gasteiger partial charge in [-0.3, -0.25) is 0 Å². The van der Waals surface area contributed by atoms with Crippen LogP contribution >= 0.6 is 0 Å². The number of fused-ring (bicyclic) bond motifs is 5. The largest absolute Gasteiger partial charge is 0.393 e. The van der Waals surface area contributed by atoms with Crippen LogP contribution in [0.15, 0.2) is 0 Å². The van der Waals surface area contributed by atoms with Crippen LogP contribution in [-0.2, 0) is 0 Å². The fourth-order valence-corrected chi connectivity index (χ4v) is 9.26. The summed E-state index contributed by atoms with van der Waals surface area (Å²) in [5.41, 5.74) is 1.15. The third kappa shape index (κ3) is 3.50. The van der Waals surface area contributed by atoms with Crippen molar-refractivity contribution in [1.29, 1.82) is 0 Å². The molecule has 0 saturated heterocycles. The average molecular weight is 389 g/mol. The van der Waals surface area contributed by atoms with Crippen molar-refractivity contribution in [3.63, 3.8) is 0 Å². The van der Waals surface area contributed by atoms with Crippen LogP contribution in [0.1, 0.15) is 112 Å². The molecule has 4 aliphatic carbocycles. The molecule has 4 saturated carbocycles. The maximum absolute atomic E-state index is 10.3. The Morgan fingerprint density at radius 2 is 1.54 bits per heavy atom. The smallest absolute Gasteiger partial charge is 0.0543 e. The third-order valence-electron chi connectivity index (χ3n) is 10.8. The van der Waals surface area contributed by atoms with Gasteiger partial charge in [-0.2, -0.15) is 0 Å². The first-order valence-electron chi connectivity index (χ1n) is 12.9. The first kappa shape index (κ1) is 21.2. The quantitative estimate of drug-likeness (QED) is 0.518. The van der Waals surface area contributed by atoms with Gasteiger partial charge in [0.05, 0.1) is 6.10 Å². The highest BCUT2D eigenvalue weighted by Crippen LogP contribution is 2.68. The topological polar surface area (TPSA) is 20.2 Å². The molecule has 0 heterocycles. The SMILES string of the molecule is CC(C)CCCC(C)[C@H]1CCC2C3CC[C@H]4C[C@@H](O)CC[C@]4(C)C3CC[C@@]21C. The van der Waals surface area contributed by atoms with E-state index in [-0.39, 0.29) is 6.10 Å². The molecule has 0 aromatic heterocycles. The minimum absolute atomic E-state index is 0.00830. The Balaban J connectivity index is 1.46. The van der Waals surface area contributed by atoms with Crippen molar-refractivity contribution in [2.45, 2.75) is 118 Å². The lowest BCUT2D eigenvalue weighted by atomic mass is 9.44. The van der Waals surface area contributed by atoms with Gasteiger partial charge in [-0.05, 0) is 110 Å². The first-order valence-corrected chi connectivity index (χ1v) is 12.9. The van der Waals surface area contributed by atoms with Gasteiger partial charge in [0, 0.05) is 0 Å². The minimum atomic E-state index is -0.00830. The Labute approximate surface area is 175 Å². The second kappa shape index (κ2) is 7.90. The summed E-state index contributed by atoms with van der Waals surface area (Å²) in [7, 11) is 0. The maximum atomic E-state index is 10.3. The predicted octanol–water partition coefficient (Wildman–Crippen LogP) is 7.47. The Hall–Kier alpha value is -0.0400. The number of hydrogen-bond donors (Lipinski definition) is 1. The molecule has 0 bridgehead atoms.